The van der Waals surface area contributed by atoms with Crippen LogP contribution >= 0.6 is 11.8 Å². The first-order valence-corrected chi connectivity index (χ1v) is 10.7. The van der Waals surface area contributed by atoms with Gasteiger partial charge in [-0.1, -0.05) is 35.5 Å². The van der Waals surface area contributed by atoms with Crippen LogP contribution in [0.15, 0.2) is 53.9 Å². The van der Waals surface area contributed by atoms with Crippen LogP contribution < -0.4 is 14.8 Å². The number of ether oxygens (including phenoxy) is 2. The van der Waals surface area contributed by atoms with Gasteiger partial charge in [-0.15, -0.1) is 0 Å². The number of rotatable bonds is 9. The molecule has 1 amide bonds. The van der Waals surface area contributed by atoms with Crippen LogP contribution in [-0.2, 0) is 11.2 Å². The molecule has 1 heterocycles. The van der Waals surface area contributed by atoms with Gasteiger partial charge in [-0.05, 0) is 49.6 Å². The van der Waals surface area contributed by atoms with Crippen molar-refractivity contribution in [1.29, 1.82) is 0 Å². The van der Waals surface area contributed by atoms with Crippen LogP contribution in [0.5, 0.6) is 11.5 Å². The van der Waals surface area contributed by atoms with Gasteiger partial charge in [-0.3, -0.25) is 9.36 Å². The number of carbonyl (C=O) groups excluding carboxylic acids is 1. The molecular weight excluding hydrogens is 398 g/mol. The van der Waals surface area contributed by atoms with Gasteiger partial charge >= 0.3 is 0 Å². The molecule has 0 fully saturated rings. The first kappa shape index (κ1) is 21.8. The lowest BCUT2D eigenvalue weighted by atomic mass is 10.1. The van der Waals surface area contributed by atoms with Crippen molar-refractivity contribution in [2.75, 3.05) is 26.5 Å². The van der Waals surface area contributed by atoms with Crippen molar-refractivity contribution < 1.29 is 14.3 Å². The lowest BCUT2D eigenvalue weighted by Gasteiger charge is -2.11. The maximum Gasteiger partial charge on any atom is 0.230 e. The number of aryl methyl sites for hydroxylation is 2. The fourth-order valence-electron chi connectivity index (χ4n) is 3.22. The number of aromatic nitrogens is 2. The first-order chi connectivity index (χ1) is 14.5. The topological polar surface area (TPSA) is 65.4 Å². The summed E-state index contributed by atoms with van der Waals surface area (Å²) in [7, 11) is 3.23. The molecule has 6 nitrogen and oxygen atoms in total. The molecule has 7 heteroatoms. The first-order valence-electron chi connectivity index (χ1n) is 9.73. The van der Waals surface area contributed by atoms with Crippen molar-refractivity contribution in [3.8, 4) is 17.2 Å². The fraction of sp³-hybridized carbons (Fsp3) is 0.304. The Hall–Kier alpha value is -2.93. The molecule has 2 aromatic carbocycles. The number of nitrogens with zero attached hydrogens (tertiary/aromatic N) is 2. The molecule has 0 aliphatic heterocycles. The summed E-state index contributed by atoms with van der Waals surface area (Å²) < 4.78 is 12.6. The second-order valence-corrected chi connectivity index (χ2v) is 7.89. The summed E-state index contributed by atoms with van der Waals surface area (Å²) in [5.74, 6) is 1.68. The summed E-state index contributed by atoms with van der Waals surface area (Å²) in [6, 6.07) is 12.1. The molecule has 0 aliphatic rings. The number of nitrogens with one attached hydrogen (secondary N) is 1. The van der Waals surface area contributed by atoms with Crippen molar-refractivity contribution in [3.05, 3.63) is 65.5 Å². The number of methoxy groups -OCH3 is 2. The number of thioether (sulfide) groups is 1. The van der Waals surface area contributed by atoms with E-state index in [0.717, 1.165) is 16.4 Å². The Labute approximate surface area is 181 Å². The van der Waals surface area contributed by atoms with E-state index in [1.165, 1.54) is 22.9 Å². The molecule has 1 aromatic heterocycles. The molecular formula is C23H27N3O3S. The van der Waals surface area contributed by atoms with Crippen molar-refractivity contribution >= 4 is 17.7 Å². The lowest BCUT2D eigenvalue weighted by Crippen LogP contribution is -2.27. The lowest BCUT2D eigenvalue weighted by molar-refractivity contribution is -0.118. The van der Waals surface area contributed by atoms with Gasteiger partial charge in [0.15, 0.2) is 16.7 Å². The monoisotopic (exact) mass is 425 g/mol. The van der Waals surface area contributed by atoms with Crippen molar-refractivity contribution in [2.24, 2.45) is 0 Å². The Morgan fingerprint density at radius 3 is 2.63 bits per heavy atom. The van der Waals surface area contributed by atoms with Crippen LogP contribution in [0.1, 0.15) is 16.7 Å². The van der Waals surface area contributed by atoms with E-state index in [0.29, 0.717) is 30.2 Å². The van der Waals surface area contributed by atoms with Crippen molar-refractivity contribution in [1.82, 2.24) is 14.9 Å². The molecule has 3 aromatic rings. The minimum atomic E-state index is -0.0179. The standard InChI is InChI=1S/C23H27N3O3S/c1-16-5-7-19(17(2)13-16)26-12-11-25-23(26)30-15-22(27)24-10-9-18-6-8-20(28-3)21(14-18)29-4/h5-8,11-14H,9-10,15H2,1-4H3,(H,24,27). The van der Waals surface area contributed by atoms with Gasteiger partial charge in [-0.2, -0.15) is 0 Å². The van der Waals surface area contributed by atoms with E-state index >= 15 is 0 Å². The van der Waals surface area contributed by atoms with Gasteiger partial charge in [0.25, 0.3) is 0 Å². The van der Waals surface area contributed by atoms with E-state index in [1.807, 2.05) is 29.0 Å². The Morgan fingerprint density at radius 2 is 1.90 bits per heavy atom. The molecule has 0 bridgehead atoms. The third-order valence-electron chi connectivity index (χ3n) is 4.73. The van der Waals surface area contributed by atoms with Crippen LogP contribution in [0.25, 0.3) is 5.69 Å². The Bertz CT molecular complexity index is 1020. The number of hydrogen-bond acceptors (Lipinski definition) is 5. The number of amides is 1. The highest BCUT2D eigenvalue weighted by Crippen LogP contribution is 2.27. The molecule has 0 saturated carbocycles. The molecule has 1 N–H and O–H groups in total. The minimum Gasteiger partial charge on any atom is -0.493 e. The van der Waals surface area contributed by atoms with Gasteiger partial charge in [0.1, 0.15) is 0 Å². The predicted molar refractivity (Wildman–Crippen MR) is 120 cm³/mol. The molecule has 3 rings (SSSR count). The van der Waals surface area contributed by atoms with E-state index in [9.17, 15) is 4.79 Å². The zero-order valence-electron chi connectivity index (χ0n) is 17.8. The van der Waals surface area contributed by atoms with Crippen molar-refractivity contribution in [3.63, 3.8) is 0 Å². The summed E-state index contributed by atoms with van der Waals surface area (Å²) in [5.41, 5.74) is 4.55. The number of hydrogen-bond donors (Lipinski definition) is 1. The molecule has 30 heavy (non-hydrogen) atoms. The van der Waals surface area contributed by atoms with E-state index < -0.39 is 0 Å². The predicted octanol–water partition coefficient (Wildman–Crippen LogP) is 3.96. The third kappa shape index (κ3) is 5.36. The Morgan fingerprint density at radius 1 is 1.10 bits per heavy atom. The normalized spacial score (nSPS) is 10.7. The Kier molecular flexibility index (Phi) is 7.41. The van der Waals surface area contributed by atoms with Crippen LogP contribution in [0.3, 0.4) is 0 Å². The zero-order chi connectivity index (χ0) is 21.5. The van der Waals surface area contributed by atoms with E-state index in [-0.39, 0.29) is 5.91 Å². The average molecular weight is 426 g/mol. The van der Waals surface area contributed by atoms with Gasteiger partial charge in [0, 0.05) is 18.9 Å². The molecule has 0 spiro atoms. The molecule has 0 saturated heterocycles. The number of imidazole rings is 1. The van der Waals surface area contributed by atoms with Gasteiger partial charge in [-0.25, -0.2) is 4.98 Å². The van der Waals surface area contributed by atoms with E-state index in [2.05, 4.69) is 42.3 Å². The van der Waals surface area contributed by atoms with E-state index in [1.54, 1.807) is 20.4 Å². The second-order valence-electron chi connectivity index (χ2n) is 6.95. The summed E-state index contributed by atoms with van der Waals surface area (Å²) >= 11 is 1.43. The summed E-state index contributed by atoms with van der Waals surface area (Å²) in [6.07, 6.45) is 4.40. The SMILES string of the molecule is COc1ccc(CCNC(=O)CSc2nccn2-c2ccc(C)cc2C)cc1OC. The second kappa shape index (κ2) is 10.2. The van der Waals surface area contributed by atoms with Gasteiger partial charge < -0.3 is 14.8 Å². The van der Waals surface area contributed by atoms with Crippen LogP contribution in [-0.4, -0.2) is 42.0 Å². The highest BCUT2D eigenvalue weighted by molar-refractivity contribution is 7.99. The van der Waals surface area contributed by atoms with Gasteiger partial charge in [0.2, 0.25) is 5.91 Å². The quantitative estimate of drug-likeness (QED) is 0.526. The highest BCUT2D eigenvalue weighted by atomic mass is 32.2. The minimum absolute atomic E-state index is 0.0179. The van der Waals surface area contributed by atoms with Crippen LogP contribution in [0.2, 0.25) is 0 Å². The smallest absolute Gasteiger partial charge is 0.230 e. The summed E-state index contributed by atoms with van der Waals surface area (Å²) in [5, 5.41) is 3.77. The zero-order valence-corrected chi connectivity index (χ0v) is 18.6. The third-order valence-corrected chi connectivity index (χ3v) is 5.70. The van der Waals surface area contributed by atoms with E-state index in [4.69, 9.17) is 9.47 Å². The maximum absolute atomic E-state index is 12.3. The number of carbonyl (C=O) groups is 1. The molecule has 0 unspecified atom stereocenters. The molecule has 0 radical (unpaired) electrons. The number of benzene rings is 2. The highest BCUT2D eigenvalue weighted by Gasteiger charge is 2.11. The molecule has 0 aliphatic carbocycles. The van der Waals surface area contributed by atoms with Crippen molar-refractivity contribution in [2.45, 2.75) is 25.4 Å². The molecule has 0 atom stereocenters. The van der Waals surface area contributed by atoms with Gasteiger partial charge in [0.05, 0.1) is 25.7 Å². The van der Waals surface area contributed by atoms with Crippen LogP contribution in [0.4, 0.5) is 0 Å². The maximum atomic E-state index is 12.3. The summed E-state index contributed by atoms with van der Waals surface area (Å²) in [6.45, 7) is 4.71. The molecule has 158 valence electrons. The fourth-order valence-corrected chi connectivity index (χ4v) is 4.02. The largest absolute Gasteiger partial charge is 0.493 e. The summed E-state index contributed by atoms with van der Waals surface area (Å²) in [4.78, 5) is 16.7. The Balaban J connectivity index is 1.52. The van der Waals surface area contributed by atoms with Crippen LogP contribution in [0, 0.1) is 13.8 Å². The average Bonchev–Trinajstić information content (AvgIpc) is 3.20.